The molecule has 0 spiro atoms. The molecular formula is C20H19BrN6O. The molecule has 0 atom stereocenters. The monoisotopic (exact) mass is 438 g/mol. The minimum absolute atomic E-state index is 0.0566. The second kappa shape index (κ2) is 8.35. The third kappa shape index (κ3) is 4.28. The fourth-order valence-corrected chi connectivity index (χ4v) is 3.50. The van der Waals surface area contributed by atoms with Gasteiger partial charge in [-0.2, -0.15) is 0 Å². The highest BCUT2D eigenvalue weighted by Gasteiger charge is 2.23. The van der Waals surface area contributed by atoms with Crippen molar-refractivity contribution in [2.75, 3.05) is 36.4 Å². The number of nitrogens with zero attached hydrogens (tertiary/aromatic N) is 5. The molecule has 1 aliphatic heterocycles. The number of carbonyl (C=O) groups is 1. The molecule has 7 nitrogen and oxygen atoms in total. The zero-order valence-electron chi connectivity index (χ0n) is 15.1. The van der Waals surface area contributed by atoms with Gasteiger partial charge in [-0.3, -0.25) is 4.79 Å². The smallest absolute Gasteiger partial charge is 0.254 e. The lowest BCUT2D eigenvalue weighted by molar-refractivity contribution is 0.0746. The molecule has 8 heteroatoms. The molecule has 2 aromatic heterocycles. The van der Waals surface area contributed by atoms with Crippen molar-refractivity contribution in [1.82, 2.24) is 19.9 Å². The molecule has 1 N–H and O–H groups in total. The number of aromatic nitrogens is 3. The molecule has 1 fully saturated rings. The molecule has 0 saturated carbocycles. The standard InChI is InChI=1S/C20H19BrN6O/c21-16-5-3-4-15(12-16)20(28)27-10-8-26(9-11-27)19-13-18(23-14-24-19)25-17-6-1-2-7-22-17/h1-7,12-14H,8-11H2,(H,22,23,24,25). The fourth-order valence-electron chi connectivity index (χ4n) is 3.10. The Morgan fingerprint density at radius 1 is 0.929 bits per heavy atom. The summed E-state index contributed by atoms with van der Waals surface area (Å²) in [5.41, 5.74) is 0.701. The molecule has 1 aliphatic rings. The molecule has 1 aromatic carbocycles. The SMILES string of the molecule is O=C(c1cccc(Br)c1)N1CCN(c2cc(Nc3ccccn3)ncn2)CC1. The third-order valence-electron chi connectivity index (χ3n) is 4.54. The Morgan fingerprint density at radius 3 is 2.54 bits per heavy atom. The van der Waals surface area contributed by atoms with Crippen LogP contribution >= 0.6 is 15.9 Å². The topological polar surface area (TPSA) is 74.2 Å². The number of carbonyl (C=O) groups excluding carboxylic acids is 1. The predicted molar refractivity (Wildman–Crippen MR) is 112 cm³/mol. The summed E-state index contributed by atoms with van der Waals surface area (Å²) in [4.78, 5) is 29.6. The van der Waals surface area contributed by atoms with Crippen molar-refractivity contribution in [3.63, 3.8) is 0 Å². The van der Waals surface area contributed by atoms with Crippen molar-refractivity contribution in [3.05, 3.63) is 71.1 Å². The summed E-state index contributed by atoms with van der Waals surface area (Å²) in [6.07, 6.45) is 3.27. The van der Waals surface area contributed by atoms with E-state index in [1.807, 2.05) is 53.4 Å². The third-order valence-corrected chi connectivity index (χ3v) is 5.03. The van der Waals surface area contributed by atoms with Crippen molar-refractivity contribution in [2.24, 2.45) is 0 Å². The predicted octanol–water partition coefficient (Wildman–Crippen LogP) is 3.34. The molecule has 0 radical (unpaired) electrons. The number of rotatable bonds is 4. The Hall–Kier alpha value is -3.00. The van der Waals surface area contributed by atoms with Gasteiger partial charge in [0.05, 0.1) is 0 Å². The van der Waals surface area contributed by atoms with Crippen LogP contribution in [0.25, 0.3) is 0 Å². The molecule has 142 valence electrons. The highest BCUT2D eigenvalue weighted by Crippen LogP contribution is 2.20. The van der Waals surface area contributed by atoms with E-state index in [9.17, 15) is 4.79 Å². The zero-order chi connectivity index (χ0) is 19.3. The first-order valence-corrected chi connectivity index (χ1v) is 9.78. The second-order valence-corrected chi connectivity index (χ2v) is 7.31. The summed E-state index contributed by atoms with van der Waals surface area (Å²) < 4.78 is 0.908. The van der Waals surface area contributed by atoms with Crippen molar-refractivity contribution in [1.29, 1.82) is 0 Å². The Morgan fingerprint density at radius 2 is 1.79 bits per heavy atom. The molecule has 1 saturated heterocycles. The van der Waals surface area contributed by atoms with Gasteiger partial charge >= 0.3 is 0 Å². The van der Waals surface area contributed by atoms with E-state index in [1.165, 1.54) is 0 Å². The number of hydrogen-bond donors (Lipinski definition) is 1. The van der Waals surface area contributed by atoms with E-state index >= 15 is 0 Å². The summed E-state index contributed by atoms with van der Waals surface area (Å²) in [5.74, 6) is 2.32. The van der Waals surface area contributed by atoms with E-state index in [-0.39, 0.29) is 5.91 Å². The van der Waals surface area contributed by atoms with Gasteiger partial charge in [0.15, 0.2) is 0 Å². The Balaban J connectivity index is 1.40. The van der Waals surface area contributed by atoms with Crippen LogP contribution in [-0.4, -0.2) is 51.9 Å². The fraction of sp³-hybridized carbons (Fsp3) is 0.200. The van der Waals surface area contributed by atoms with Crippen LogP contribution in [0.3, 0.4) is 0 Å². The van der Waals surface area contributed by atoms with Gasteiger partial charge in [0, 0.05) is 48.5 Å². The number of anilines is 3. The van der Waals surface area contributed by atoms with Crippen LogP contribution in [0.1, 0.15) is 10.4 Å². The van der Waals surface area contributed by atoms with Crippen LogP contribution in [-0.2, 0) is 0 Å². The van der Waals surface area contributed by atoms with Crippen LogP contribution in [0.2, 0.25) is 0 Å². The molecule has 4 rings (SSSR count). The first kappa shape index (κ1) is 18.4. The lowest BCUT2D eigenvalue weighted by Crippen LogP contribution is -2.49. The maximum absolute atomic E-state index is 12.7. The molecule has 28 heavy (non-hydrogen) atoms. The van der Waals surface area contributed by atoms with Gasteiger partial charge in [-0.15, -0.1) is 0 Å². The maximum Gasteiger partial charge on any atom is 0.254 e. The van der Waals surface area contributed by atoms with E-state index in [0.717, 1.165) is 29.2 Å². The average molecular weight is 439 g/mol. The van der Waals surface area contributed by atoms with E-state index < -0.39 is 0 Å². The van der Waals surface area contributed by atoms with E-state index in [2.05, 4.69) is 41.1 Å². The molecule has 0 unspecified atom stereocenters. The van der Waals surface area contributed by atoms with Crippen LogP contribution in [0.5, 0.6) is 0 Å². The van der Waals surface area contributed by atoms with Crippen LogP contribution < -0.4 is 10.2 Å². The van der Waals surface area contributed by atoms with Crippen LogP contribution in [0.4, 0.5) is 17.5 Å². The molecular weight excluding hydrogens is 420 g/mol. The largest absolute Gasteiger partial charge is 0.353 e. The van der Waals surface area contributed by atoms with Crippen LogP contribution in [0, 0.1) is 0 Å². The van der Waals surface area contributed by atoms with Gasteiger partial charge in [-0.1, -0.05) is 28.1 Å². The van der Waals surface area contributed by atoms with Crippen molar-refractivity contribution in [2.45, 2.75) is 0 Å². The minimum atomic E-state index is 0.0566. The lowest BCUT2D eigenvalue weighted by Gasteiger charge is -2.35. The zero-order valence-corrected chi connectivity index (χ0v) is 16.7. The summed E-state index contributed by atoms with van der Waals surface area (Å²) in [6, 6.07) is 15.1. The van der Waals surface area contributed by atoms with Crippen molar-refractivity contribution < 1.29 is 4.79 Å². The average Bonchev–Trinajstić information content (AvgIpc) is 2.74. The maximum atomic E-state index is 12.7. The number of halogens is 1. The molecule has 0 bridgehead atoms. The van der Waals surface area contributed by atoms with E-state index in [0.29, 0.717) is 24.5 Å². The summed E-state index contributed by atoms with van der Waals surface area (Å²) in [5, 5.41) is 3.18. The number of piperazine rings is 1. The van der Waals surface area contributed by atoms with Gasteiger partial charge in [-0.25, -0.2) is 15.0 Å². The number of hydrogen-bond acceptors (Lipinski definition) is 6. The molecule has 0 aliphatic carbocycles. The molecule has 3 aromatic rings. The number of amides is 1. The quantitative estimate of drug-likeness (QED) is 0.673. The first-order valence-electron chi connectivity index (χ1n) is 8.99. The molecule has 1 amide bonds. The number of benzene rings is 1. The summed E-state index contributed by atoms with van der Waals surface area (Å²) in [6.45, 7) is 2.75. The molecule has 3 heterocycles. The normalized spacial score (nSPS) is 14.0. The Kier molecular flexibility index (Phi) is 5.48. The summed E-state index contributed by atoms with van der Waals surface area (Å²) >= 11 is 3.42. The van der Waals surface area contributed by atoms with Crippen LogP contribution in [0.15, 0.2) is 65.5 Å². The van der Waals surface area contributed by atoms with Gasteiger partial charge in [0.25, 0.3) is 5.91 Å². The van der Waals surface area contributed by atoms with Gasteiger partial charge in [0.2, 0.25) is 0 Å². The second-order valence-electron chi connectivity index (χ2n) is 6.39. The Bertz CT molecular complexity index is 960. The van der Waals surface area contributed by atoms with E-state index in [1.54, 1.807) is 12.5 Å². The highest BCUT2D eigenvalue weighted by atomic mass is 79.9. The Labute approximate surface area is 171 Å². The number of nitrogens with one attached hydrogen (secondary N) is 1. The van der Waals surface area contributed by atoms with Gasteiger partial charge < -0.3 is 15.1 Å². The minimum Gasteiger partial charge on any atom is -0.353 e. The van der Waals surface area contributed by atoms with Gasteiger partial charge in [0.1, 0.15) is 23.8 Å². The van der Waals surface area contributed by atoms with E-state index in [4.69, 9.17) is 0 Å². The summed E-state index contributed by atoms with van der Waals surface area (Å²) in [7, 11) is 0. The van der Waals surface area contributed by atoms with Crippen molar-refractivity contribution in [3.8, 4) is 0 Å². The number of pyridine rings is 1. The highest BCUT2D eigenvalue weighted by molar-refractivity contribution is 9.10. The lowest BCUT2D eigenvalue weighted by atomic mass is 10.2. The van der Waals surface area contributed by atoms with Gasteiger partial charge in [-0.05, 0) is 30.3 Å². The van der Waals surface area contributed by atoms with Crippen molar-refractivity contribution >= 4 is 39.3 Å². The first-order chi connectivity index (χ1) is 13.7.